The van der Waals surface area contributed by atoms with Gasteiger partial charge in [0.05, 0.1) is 12.6 Å². The van der Waals surface area contributed by atoms with Gasteiger partial charge >= 0.3 is 12.1 Å². The Labute approximate surface area is 110 Å². The van der Waals surface area contributed by atoms with E-state index in [9.17, 15) is 14.7 Å². The molecule has 0 aliphatic heterocycles. The van der Waals surface area contributed by atoms with E-state index >= 15 is 0 Å². The van der Waals surface area contributed by atoms with Crippen LogP contribution in [0, 0.1) is 0 Å². The molecule has 0 aliphatic rings. The molecule has 0 radical (unpaired) electrons. The van der Waals surface area contributed by atoms with Crippen LogP contribution in [0.15, 0.2) is 24.3 Å². The quantitative estimate of drug-likeness (QED) is 0.595. The number of hydrogen-bond acceptors (Lipinski definition) is 4. The van der Waals surface area contributed by atoms with Crippen molar-refractivity contribution < 1.29 is 19.4 Å². The first-order valence-corrected chi connectivity index (χ1v) is 5.74. The molecule has 0 saturated heterocycles. The molecule has 3 amide bonds. The van der Waals surface area contributed by atoms with Crippen molar-refractivity contribution in [2.24, 2.45) is 5.73 Å². The molecule has 7 heteroatoms. The number of carbonyl (C=O) groups excluding carboxylic acids is 2. The molecule has 5 N–H and O–H groups in total. The van der Waals surface area contributed by atoms with Gasteiger partial charge in [-0.25, -0.2) is 9.59 Å². The summed E-state index contributed by atoms with van der Waals surface area (Å²) in [5.41, 5.74) is 6.12. The van der Waals surface area contributed by atoms with E-state index in [4.69, 9.17) is 5.73 Å². The molecule has 19 heavy (non-hydrogen) atoms. The zero-order valence-corrected chi connectivity index (χ0v) is 10.6. The fourth-order valence-electron chi connectivity index (χ4n) is 1.34. The van der Waals surface area contributed by atoms with Crippen molar-refractivity contribution in [1.82, 2.24) is 5.32 Å². The molecule has 0 fully saturated rings. The standard InChI is InChI=1S/C12H17N3O4/c1-8(16)9-2-4-10(5-3-9)15-12(18)14-6-7-19-11(13)17/h2-5,8,16H,6-7H2,1H3,(H2,13,17)(H2,14,15,18). The second-order valence-electron chi connectivity index (χ2n) is 3.85. The number of hydrogen-bond donors (Lipinski definition) is 4. The van der Waals surface area contributed by atoms with Crippen LogP contribution in [0.25, 0.3) is 0 Å². The summed E-state index contributed by atoms with van der Waals surface area (Å²) in [5.74, 6) is 0. The lowest BCUT2D eigenvalue weighted by Gasteiger charge is -2.09. The molecule has 1 rings (SSSR count). The van der Waals surface area contributed by atoms with E-state index in [1.807, 2.05) is 0 Å². The minimum atomic E-state index is -0.879. The summed E-state index contributed by atoms with van der Waals surface area (Å²) < 4.78 is 4.45. The first-order chi connectivity index (χ1) is 8.99. The van der Waals surface area contributed by atoms with E-state index in [2.05, 4.69) is 15.4 Å². The van der Waals surface area contributed by atoms with E-state index in [0.29, 0.717) is 5.69 Å². The van der Waals surface area contributed by atoms with Gasteiger partial charge in [-0.1, -0.05) is 12.1 Å². The number of nitrogens with two attached hydrogens (primary N) is 1. The van der Waals surface area contributed by atoms with Crippen LogP contribution in [0.4, 0.5) is 15.3 Å². The van der Waals surface area contributed by atoms with E-state index < -0.39 is 18.2 Å². The van der Waals surface area contributed by atoms with E-state index in [1.54, 1.807) is 31.2 Å². The van der Waals surface area contributed by atoms with Crippen LogP contribution in [0.1, 0.15) is 18.6 Å². The van der Waals surface area contributed by atoms with Crippen LogP contribution < -0.4 is 16.4 Å². The molecule has 0 saturated carbocycles. The summed E-state index contributed by atoms with van der Waals surface area (Å²) in [6, 6.07) is 6.38. The van der Waals surface area contributed by atoms with Gasteiger partial charge in [-0.2, -0.15) is 0 Å². The summed E-state index contributed by atoms with van der Waals surface area (Å²) in [6.45, 7) is 1.85. The van der Waals surface area contributed by atoms with E-state index in [1.165, 1.54) is 0 Å². The highest BCUT2D eigenvalue weighted by Gasteiger charge is 2.03. The van der Waals surface area contributed by atoms with Crippen molar-refractivity contribution >= 4 is 17.8 Å². The number of amides is 3. The second kappa shape index (κ2) is 7.22. The van der Waals surface area contributed by atoms with E-state index in [-0.39, 0.29) is 13.2 Å². The highest BCUT2D eigenvalue weighted by Crippen LogP contribution is 2.15. The molecule has 0 aliphatic carbocycles. The first kappa shape index (κ1) is 14.8. The molecule has 0 aromatic heterocycles. The summed E-state index contributed by atoms with van der Waals surface area (Å²) in [7, 11) is 0. The molecule has 1 unspecified atom stereocenters. The Bertz CT molecular complexity index is 431. The smallest absolute Gasteiger partial charge is 0.404 e. The van der Waals surface area contributed by atoms with Gasteiger partial charge in [-0.3, -0.25) is 0 Å². The lowest BCUT2D eigenvalue weighted by atomic mass is 10.1. The maximum atomic E-state index is 11.4. The number of anilines is 1. The van der Waals surface area contributed by atoms with Gasteiger partial charge in [0.25, 0.3) is 0 Å². The van der Waals surface area contributed by atoms with Crippen molar-refractivity contribution in [3.05, 3.63) is 29.8 Å². The van der Waals surface area contributed by atoms with Gasteiger partial charge in [0.2, 0.25) is 0 Å². The molecule has 0 heterocycles. The van der Waals surface area contributed by atoms with Crippen LogP contribution in [0.2, 0.25) is 0 Å². The Morgan fingerprint density at radius 1 is 1.37 bits per heavy atom. The van der Waals surface area contributed by atoms with Crippen LogP contribution in [-0.2, 0) is 4.74 Å². The molecule has 1 aromatic rings. The van der Waals surface area contributed by atoms with Gasteiger partial charge in [-0.05, 0) is 24.6 Å². The first-order valence-electron chi connectivity index (χ1n) is 5.74. The highest BCUT2D eigenvalue weighted by molar-refractivity contribution is 5.89. The lowest BCUT2D eigenvalue weighted by molar-refractivity contribution is 0.157. The SMILES string of the molecule is CC(O)c1ccc(NC(=O)NCCOC(N)=O)cc1. The average Bonchev–Trinajstić information content (AvgIpc) is 2.35. The average molecular weight is 267 g/mol. The van der Waals surface area contributed by atoms with Gasteiger partial charge in [0.1, 0.15) is 6.61 Å². The number of aliphatic hydroxyl groups excluding tert-OH is 1. The summed E-state index contributed by atoms with van der Waals surface area (Å²) >= 11 is 0. The maximum Gasteiger partial charge on any atom is 0.404 e. The fourth-order valence-corrected chi connectivity index (χ4v) is 1.34. The Morgan fingerprint density at radius 2 is 2.00 bits per heavy atom. The fraction of sp³-hybridized carbons (Fsp3) is 0.333. The lowest BCUT2D eigenvalue weighted by Crippen LogP contribution is -2.32. The summed E-state index contributed by atoms with van der Waals surface area (Å²) in [6.07, 6.45) is -1.43. The topological polar surface area (TPSA) is 114 Å². The summed E-state index contributed by atoms with van der Waals surface area (Å²) in [4.78, 5) is 21.7. The molecule has 104 valence electrons. The molecular weight excluding hydrogens is 250 g/mol. The minimum absolute atomic E-state index is 0.0176. The van der Waals surface area contributed by atoms with Crippen molar-refractivity contribution in [3.63, 3.8) is 0 Å². The Hall–Kier alpha value is -2.28. The van der Waals surface area contributed by atoms with Crippen LogP contribution in [0.5, 0.6) is 0 Å². The van der Waals surface area contributed by atoms with Crippen LogP contribution >= 0.6 is 0 Å². The van der Waals surface area contributed by atoms with Crippen molar-refractivity contribution in [3.8, 4) is 0 Å². The Morgan fingerprint density at radius 3 is 2.53 bits per heavy atom. The molecule has 0 spiro atoms. The number of ether oxygens (including phenoxy) is 1. The van der Waals surface area contributed by atoms with Gasteiger partial charge in [0.15, 0.2) is 0 Å². The van der Waals surface area contributed by atoms with Gasteiger partial charge in [-0.15, -0.1) is 0 Å². The van der Waals surface area contributed by atoms with Crippen molar-refractivity contribution in [2.75, 3.05) is 18.5 Å². The predicted octanol–water partition coefficient (Wildman–Crippen LogP) is 0.957. The molecule has 1 aromatic carbocycles. The molecule has 1 atom stereocenters. The van der Waals surface area contributed by atoms with Crippen LogP contribution in [-0.4, -0.2) is 30.4 Å². The largest absolute Gasteiger partial charge is 0.448 e. The predicted molar refractivity (Wildman–Crippen MR) is 69.6 cm³/mol. The Balaban J connectivity index is 2.33. The number of carbonyl (C=O) groups is 2. The number of rotatable bonds is 5. The van der Waals surface area contributed by atoms with E-state index in [0.717, 1.165) is 5.56 Å². The second-order valence-corrected chi connectivity index (χ2v) is 3.85. The normalized spacial score (nSPS) is 11.5. The van der Waals surface area contributed by atoms with Crippen molar-refractivity contribution in [2.45, 2.75) is 13.0 Å². The molecule has 7 nitrogen and oxygen atoms in total. The van der Waals surface area contributed by atoms with Crippen molar-refractivity contribution in [1.29, 1.82) is 0 Å². The minimum Gasteiger partial charge on any atom is -0.448 e. The third-order valence-corrected chi connectivity index (χ3v) is 2.28. The zero-order chi connectivity index (χ0) is 14.3. The number of primary amides is 1. The Kier molecular flexibility index (Phi) is 5.62. The third kappa shape index (κ3) is 5.73. The number of benzene rings is 1. The third-order valence-electron chi connectivity index (χ3n) is 2.28. The molecular formula is C12H17N3O4. The number of nitrogens with one attached hydrogen (secondary N) is 2. The number of urea groups is 1. The maximum absolute atomic E-state index is 11.4. The summed E-state index contributed by atoms with van der Waals surface area (Å²) in [5, 5.41) is 14.4. The van der Waals surface area contributed by atoms with Gasteiger partial charge < -0.3 is 26.2 Å². The van der Waals surface area contributed by atoms with Gasteiger partial charge in [0, 0.05) is 5.69 Å². The zero-order valence-electron chi connectivity index (χ0n) is 10.6. The monoisotopic (exact) mass is 267 g/mol. The highest BCUT2D eigenvalue weighted by atomic mass is 16.5. The molecule has 0 bridgehead atoms. The number of aliphatic hydroxyl groups is 1. The van der Waals surface area contributed by atoms with Crippen LogP contribution in [0.3, 0.4) is 0 Å².